The first-order chi connectivity index (χ1) is 4.27. The van der Waals surface area contributed by atoms with Gasteiger partial charge in [-0.05, 0) is 25.7 Å². The van der Waals surface area contributed by atoms with Crippen LogP contribution in [0.3, 0.4) is 0 Å². The number of alkyl halides is 1. The van der Waals surface area contributed by atoms with Crippen LogP contribution in [-0.4, -0.2) is 12.0 Å². The number of hydrogen-bond donors (Lipinski definition) is 0. The van der Waals surface area contributed by atoms with Gasteiger partial charge in [-0.2, -0.15) is 0 Å². The molecule has 0 aromatic rings. The van der Waals surface area contributed by atoms with Crippen molar-refractivity contribution in [3.05, 3.63) is 0 Å². The van der Waals surface area contributed by atoms with Crippen LogP contribution in [0, 0.1) is 0 Å². The average molecular weight is 130 g/mol. The molecule has 0 unspecified atom stereocenters. The summed E-state index contributed by atoms with van der Waals surface area (Å²) >= 11 is 0. The van der Waals surface area contributed by atoms with Gasteiger partial charge in [0.05, 0.1) is 0 Å². The molecule has 1 aliphatic rings. The van der Waals surface area contributed by atoms with E-state index < -0.39 is 5.67 Å². The molecule has 0 aromatic carbocycles. The highest BCUT2D eigenvalue weighted by atomic mass is 19.1. The van der Waals surface area contributed by atoms with Crippen molar-refractivity contribution < 1.29 is 9.18 Å². The molecular formula is C7H11FO. The molecule has 1 saturated carbocycles. The van der Waals surface area contributed by atoms with Crippen LogP contribution in [0.1, 0.15) is 32.1 Å². The molecule has 0 aliphatic heterocycles. The summed E-state index contributed by atoms with van der Waals surface area (Å²) in [5.41, 5.74) is -1.46. The molecule has 9 heavy (non-hydrogen) atoms. The molecule has 0 saturated heterocycles. The summed E-state index contributed by atoms with van der Waals surface area (Å²) in [7, 11) is 0. The average Bonchev–Trinajstić information content (AvgIpc) is 1.90. The molecule has 0 amide bonds. The Morgan fingerprint density at radius 3 is 2.11 bits per heavy atom. The highest BCUT2D eigenvalue weighted by Crippen LogP contribution is 2.29. The molecule has 2 heteroatoms. The first kappa shape index (κ1) is 6.72. The summed E-state index contributed by atoms with van der Waals surface area (Å²) in [5.74, 6) is 0. The summed E-state index contributed by atoms with van der Waals surface area (Å²) in [6.45, 7) is 0. The van der Waals surface area contributed by atoms with Gasteiger partial charge in [-0.25, -0.2) is 4.39 Å². The predicted octanol–water partition coefficient (Wildman–Crippen LogP) is 1.86. The zero-order valence-electron chi connectivity index (χ0n) is 5.40. The molecule has 0 atom stereocenters. The Morgan fingerprint density at radius 2 is 1.78 bits per heavy atom. The van der Waals surface area contributed by atoms with Crippen molar-refractivity contribution >= 4 is 6.29 Å². The molecule has 1 rings (SSSR count). The highest BCUT2D eigenvalue weighted by Gasteiger charge is 2.30. The second-order valence-corrected chi connectivity index (χ2v) is 2.71. The van der Waals surface area contributed by atoms with Crippen molar-refractivity contribution in [2.24, 2.45) is 0 Å². The van der Waals surface area contributed by atoms with Gasteiger partial charge < -0.3 is 0 Å². The summed E-state index contributed by atoms with van der Waals surface area (Å²) < 4.78 is 12.9. The smallest absolute Gasteiger partial charge is 0.165 e. The van der Waals surface area contributed by atoms with Gasteiger partial charge in [0.2, 0.25) is 0 Å². The molecule has 1 fully saturated rings. The van der Waals surface area contributed by atoms with Crippen LogP contribution in [0.5, 0.6) is 0 Å². The lowest BCUT2D eigenvalue weighted by Gasteiger charge is -2.22. The number of hydrogen-bond acceptors (Lipinski definition) is 1. The van der Waals surface area contributed by atoms with Gasteiger partial charge in [0.1, 0.15) is 0 Å². The topological polar surface area (TPSA) is 17.1 Å². The summed E-state index contributed by atoms with van der Waals surface area (Å²) in [6, 6.07) is 0. The maximum absolute atomic E-state index is 12.9. The highest BCUT2D eigenvalue weighted by molar-refractivity contribution is 5.62. The lowest BCUT2D eigenvalue weighted by atomic mass is 9.88. The fourth-order valence-electron chi connectivity index (χ4n) is 1.26. The van der Waals surface area contributed by atoms with E-state index in [2.05, 4.69) is 0 Å². The minimum Gasteiger partial charge on any atom is -0.300 e. The third-order valence-corrected chi connectivity index (χ3v) is 1.90. The maximum atomic E-state index is 12.9. The first-order valence-corrected chi connectivity index (χ1v) is 3.42. The van der Waals surface area contributed by atoms with E-state index in [1.807, 2.05) is 0 Å². The van der Waals surface area contributed by atoms with Crippen molar-refractivity contribution in [2.75, 3.05) is 0 Å². The zero-order chi connectivity index (χ0) is 6.74. The summed E-state index contributed by atoms with van der Waals surface area (Å²) in [5, 5.41) is 0. The number of aldehydes is 1. The molecule has 0 spiro atoms. The Labute approximate surface area is 54.3 Å². The lowest BCUT2D eigenvalue weighted by Crippen LogP contribution is -2.27. The Kier molecular flexibility index (Phi) is 1.84. The largest absolute Gasteiger partial charge is 0.300 e. The van der Waals surface area contributed by atoms with E-state index in [0.29, 0.717) is 19.1 Å². The third-order valence-electron chi connectivity index (χ3n) is 1.90. The van der Waals surface area contributed by atoms with Crippen LogP contribution in [-0.2, 0) is 4.79 Å². The van der Waals surface area contributed by atoms with E-state index in [-0.39, 0.29) is 0 Å². The van der Waals surface area contributed by atoms with Crippen LogP contribution >= 0.6 is 0 Å². The van der Waals surface area contributed by atoms with Crippen LogP contribution in [0.2, 0.25) is 0 Å². The first-order valence-electron chi connectivity index (χ1n) is 3.42. The SMILES string of the molecule is O=CC1(F)CCCCC1. The van der Waals surface area contributed by atoms with Gasteiger partial charge in [0.15, 0.2) is 12.0 Å². The molecule has 0 heterocycles. The normalized spacial score (nSPS) is 25.4. The molecule has 52 valence electrons. The van der Waals surface area contributed by atoms with Crippen LogP contribution in [0.25, 0.3) is 0 Å². The number of carbonyl (C=O) groups is 1. The molecule has 1 aliphatic carbocycles. The Bertz CT molecular complexity index is 105. The lowest BCUT2D eigenvalue weighted by molar-refractivity contribution is -0.119. The number of carbonyl (C=O) groups excluding carboxylic acids is 1. The predicted molar refractivity (Wildman–Crippen MR) is 33.0 cm³/mol. The van der Waals surface area contributed by atoms with Crippen molar-refractivity contribution in [3.63, 3.8) is 0 Å². The molecular weight excluding hydrogens is 119 g/mol. The minimum atomic E-state index is -1.46. The van der Waals surface area contributed by atoms with Crippen molar-refractivity contribution in [1.82, 2.24) is 0 Å². The van der Waals surface area contributed by atoms with Crippen LogP contribution in [0.4, 0.5) is 4.39 Å². The van der Waals surface area contributed by atoms with E-state index in [1.165, 1.54) is 0 Å². The molecule has 0 bridgehead atoms. The van der Waals surface area contributed by atoms with Crippen LogP contribution in [0.15, 0.2) is 0 Å². The van der Waals surface area contributed by atoms with E-state index in [4.69, 9.17) is 0 Å². The molecule has 0 N–H and O–H groups in total. The standard InChI is InChI=1S/C7H11FO/c8-7(6-9)4-2-1-3-5-7/h6H,1-5H2. The number of rotatable bonds is 1. The summed E-state index contributed by atoms with van der Waals surface area (Å²) in [4.78, 5) is 10.1. The van der Waals surface area contributed by atoms with Crippen molar-refractivity contribution in [1.29, 1.82) is 0 Å². The van der Waals surface area contributed by atoms with Crippen LogP contribution < -0.4 is 0 Å². The zero-order valence-corrected chi connectivity index (χ0v) is 5.40. The number of halogens is 1. The van der Waals surface area contributed by atoms with E-state index in [1.54, 1.807) is 0 Å². The minimum absolute atomic E-state index is 0.441. The van der Waals surface area contributed by atoms with Gasteiger partial charge in [0.25, 0.3) is 0 Å². The van der Waals surface area contributed by atoms with Gasteiger partial charge in [-0.1, -0.05) is 6.42 Å². The fraction of sp³-hybridized carbons (Fsp3) is 0.857. The monoisotopic (exact) mass is 130 g/mol. The van der Waals surface area contributed by atoms with E-state index in [9.17, 15) is 9.18 Å². The van der Waals surface area contributed by atoms with E-state index in [0.717, 1.165) is 19.3 Å². The molecule has 1 nitrogen and oxygen atoms in total. The van der Waals surface area contributed by atoms with Gasteiger partial charge in [-0.15, -0.1) is 0 Å². The maximum Gasteiger partial charge on any atom is 0.165 e. The Hall–Kier alpha value is -0.400. The van der Waals surface area contributed by atoms with E-state index >= 15 is 0 Å². The molecule has 0 aromatic heterocycles. The van der Waals surface area contributed by atoms with Crippen molar-refractivity contribution in [3.8, 4) is 0 Å². The second kappa shape index (κ2) is 2.46. The fourth-order valence-corrected chi connectivity index (χ4v) is 1.26. The quantitative estimate of drug-likeness (QED) is 0.495. The Morgan fingerprint density at radius 1 is 1.22 bits per heavy atom. The second-order valence-electron chi connectivity index (χ2n) is 2.71. The Balaban J connectivity index is 2.46. The third kappa shape index (κ3) is 1.50. The summed E-state index contributed by atoms with van der Waals surface area (Å²) in [6.07, 6.45) is 4.17. The van der Waals surface area contributed by atoms with Gasteiger partial charge in [-0.3, -0.25) is 4.79 Å². The van der Waals surface area contributed by atoms with Crippen molar-refractivity contribution in [2.45, 2.75) is 37.8 Å². The molecule has 0 radical (unpaired) electrons. The van der Waals surface area contributed by atoms with Gasteiger partial charge >= 0.3 is 0 Å². The van der Waals surface area contributed by atoms with Gasteiger partial charge in [0, 0.05) is 0 Å².